The van der Waals surface area contributed by atoms with Crippen molar-refractivity contribution < 1.29 is 9.90 Å². The van der Waals surface area contributed by atoms with Gasteiger partial charge in [0, 0.05) is 41.8 Å². The van der Waals surface area contributed by atoms with Crippen molar-refractivity contribution in [1.82, 2.24) is 29.8 Å². The molecular weight excluding hydrogens is 470 g/mol. The minimum Gasteiger partial charge on any atom is -0.481 e. The highest BCUT2D eigenvalue weighted by Crippen LogP contribution is 2.54. The normalized spacial score (nSPS) is 24.6. The maximum Gasteiger partial charge on any atom is 0.328 e. The Kier molecular flexibility index (Phi) is 6.66. The number of nitrogens with zero attached hydrogens (tertiary/aromatic N) is 6. The largest absolute Gasteiger partial charge is 0.481 e. The molecule has 0 amide bonds. The van der Waals surface area contributed by atoms with Crippen LogP contribution in [0.15, 0.2) is 52.5 Å². The van der Waals surface area contributed by atoms with Gasteiger partial charge in [0.2, 0.25) is 5.82 Å². The van der Waals surface area contributed by atoms with Crippen molar-refractivity contribution in [3.63, 3.8) is 0 Å². The SMILES string of the molecule is CCCCc1cn(C2C(C(=O)O)C2C(C)C)c(=O)n1CC1(c2cccc(-c3nn[nH]n3)c2)C=CN=CC1. The molecule has 5 rings (SSSR count). The summed E-state index contributed by atoms with van der Waals surface area (Å²) in [6.07, 6.45) is 11.0. The standard InChI is InChI=1S/C27H33N7O3/c1-4-5-9-20-15-33(23-21(17(2)3)22(23)25(35)36)26(37)34(20)16-27(10-12-28-13-11-27)19-8-6-7-18(14-19)24-29-31-32-30-24/h6-8,10,12-15,17,21-23H,4-5,9,11,16H2,1-3H3,(H,35,36)(H,29,30,31,32). The van der Waals surface area contributed by atoms with Crippen LogP contribution in [0.2, 0.25) is 0 Å². The summed E-state index contributed by atoms with van der Waals surface area (Å²) < 4.78 is 3.55. The second kappa shape index (κ2) is 9.91. The van der Waals surface area contributed by atoms with Gasteiger partial charge in [-0.1, -0.05) is 51.5 Å². The van der Waals surface area contributed by atoms with Crippen LogP contribution >= 0.6 is 0 Å². The monoisotopic (exact) mass is 503 g/mol. The van der Waals surface area contributed by atoms with Gasteiger partial charge in [0.25, 0.3) is 0 Å². The predicted molar refractivity (Wildman–Crippen MR) is 139 cm³/mol. The number of aryl methyl sites for hydroxylation is 1. The Labute approximate surface area is 215 Å². The van der Waals surface area contributed by atoms with Gasteiger partial charge in [-0.25, -0.2) is 4.79 Å². The molecule has 10 nitrogen and oxygen atoms in total. The summed E-state index contributed by atoms with van der Waals surface area (Å²) in [6.45, 7) is 6.60. The molecule has 0 radical (unpaired) electrons. The molecule has 0 saturated heterocycles. The molecule has 2 aromatic heterocycles. The molecule has 3 heterocycles. The average molecular weight is 504 g/mol. The van der Waals surface area contributed by atoms with E-state index in [2.05, 4.69) is 44.7 Å². The lowest BCUT2D eigenvalue weighted by Crippen LogP contribution is -2.37. The summed E-state index contributed by atoms with van der Waals surface area (Å²) in [5.74, 6) is -0.732. The molecule has 2 N–H and O–H groups in total. The van der Waals surface area contributed by atoms with Gasteiger partial charge in [0.05, 0.1) is 12.0 Å². The summed E-state index contributed by atoms with van der Waals surface area (Å²) >= 11 is 0. The molecule has 0 spiro atoms. The molecule has 3 aromatic rings. The van der Waals surface area contributed by atoms with E-state index in [-0.39, 0.29) is 23.6 Å². The van der Waals surface area contributed by atoms with Crippen molar-refractivity contribution in [3.8, 4) is 11.4 Å². The third-order valence-electron chi connectivity index (χ3n) is 7.81. The van der Waals surface area contributed by atoms with Gasteiger partial charge < -0.3 is 5.11 Å². The van der Waals surface area contributed by atoms with Crippen molar-refractivity contribution in [3.05, 3.63) is 64.5 Å². The van der Waals surface area contributed by atoms with Gasteiger partial charge in [-0.05, 0) is 47.9 Å². The van der Waals surface area contributed by atoms with Crippen molar-refractivity contribution in [1.29, 1.82) is 0 Å². The van der Waals surface area contributed by atoms with Gasteiger partial charge in [0.15, 0.2) is 0 Å². The number of tetrazole rings is 1. The zero-order chi connectivity index (χ0) is 26.2. The second-order valence-electron chi connectivity index (χ2n) is 10.5. The summed E-state index contributed by atoms with van der Waals surface area (Å²) in [7, 11) is 0. The van der Waals surface area contributed by atoms with Gasteiger partial charge in [0.1, 0.15) is 0 Å². The number of rotatable bonds is 10. The molecule has 2 aliphatic rings. The van der Waals surface area contributed by atoms with Crippen LogP contribution in [0.4, 0.5) is 0 Å². The highest BCUT2D eigenvalue weighted by atomic mass is 16.4. The predicted octanol–water partition coefficient (Wildman–Crippen LogP) is 3.63. The van der Waals surface area contributed by atoms with E-state index in [0.717, 1.165) is 36.1 Å². The molecule has 4 unspecified atom stereocenters. The maximum atomic E-state index is 13.9. The molecule has 1 aliphatic carbocycles. The van der Waals surface area contributed by atoms with Gasteiger partial charge in [-0.15, -0.1) is 10.2 Å². The number of H-pyrrole nitrogens is 1. The topological polar surface area (TPSA) is 131 Å². The Bertz CT molecular complexity index is 1390. The minimum absolute atomic E-state index is 0.0487. The molecule has 1 aliphatic heterocycles. The Morgan fingerprint density at radius 2 is 2.16 bits per heavy atom. The van der Waals surface area contributed by atoms with E-state index in [1.54, 1.807) is 10.8 Å². The molecule has 4 atom stereocenters. The Morgan fingerprint density at radius 3 is 2.78 bits per heavy atom. The highest BCUT2D eigenvalue weighted by Gasteiger charge is 2.58. The number of carboxylic acids is 1. The zero-order valence-corrected chi connectivity index (χ0v) is 21.4. The van der Waals surface area contributed by atoms with Crippen LogP contribution in [0.1, 0.15) is 57.3 Å². The first kappa shape index (κ1) is 24.9. The number of carboxylic acid groups (broad SMARTS) is 1. The number of benzene rings is 1. The van der Waals surface area contributed by atoms with Crippen LogP contribution in [-0.4, -0.2) is 47.0 Å². The van der Waals surface area contributed by atoms with E-state index in [1.807, 2.05) is 49.0 Å². The van der Waals surface area contributed by atoms with Crippen LogP contribution < -0.4 is 5.69 Å². The molecule has 10 heteroatoms. The summed E-state index contributed by atoms with van der Waals surface area (Å²) in [5, 5.41) is 24.2. The van der Waals surface area contributed by atoms with E-state index >= 15 is 0 Å². The maximum absolute atomic E-state index is 13.9. The number of aromatic nitrogens is 6. The number of hydrogen-bond donors (Lipinski definition) is 2. The van der Waals surface area contributed by atoms with E-state index in [0.29, 0.717) is 18.8 Å². The van der Waals surface area contributed by atoms with Crippen LogP contribution in [0.5, 0.6) is 0 Å². The van der Waals surface area contributed by atoms with E-state index < -0.39 is 17.3 Å². The van der Waals surface area contributed by atoms with Crippen molar-refractivity contribution in [2.75, 3.05) is 0 Å². The number of aromatic amines is 1. The first-order valence-electron chi connectivity index (χ1n) is 12.9. The first-order chi connectivity index (χ1) is 17.9. The molecular formula is C27H33N7O3. The van der Waals surface area contributed by atoms with Crippen molar-refractivity contribution in [2.45, 2.75) is 64.5 Å². The number of nitrogens with one attached hydrogen (secondary N) is 1. The Morgan fingerprint density at radius 1 is 1.32 bits per heavy atom. The number of allylic oxidation sites excluding steroid dienone is 1. The molecule has 1 aromatic carbocycles. The molecule has 194 valence electrons. The third-order valence-corrected chi connectivity index (χ3v) is 7.81. The number of aliphatic imine (C=N–C) groups is 1. The summed E-state index contributed by atoms with van der Waals surface area (Å²) in [4.78, 5) is 30.2. The van der Waals surface area contributed by atoms with E-state index in [9.17, 15) is 14.7 Å². The smallest absolute Gasteiger partial charge is 0.328 e. The quantitative estimate of drug-likeness (QED) is 0.434. The lowest BCUT2D eigenvalue weighted by Gasteiger charge is -2.32. The Balaban J connectivity index is 1.57. The summed E-state index contributed by atoms with van der Waals surface area (Å²) in [6, 6.07) is 7.68. The van der Waals surface area contributed by atoms with Crippen LogP contribution in [0.3, 0.4) is 0 Å². The van der Waals surface area contributed by atoms with E-state index in [1.165, 1.54) is 0 Å². The van der Waals surface area contributed by atoms with Gasteiger partial charge in [-0.2, -0.15) is 5.21 Å². The molecule has 1 fully saturated rings. The molecule has 37 heavy (non-hydrogen) atoms. The minimum atomic E-state index is -0.834. The third kappa shape index (κ3) is 4.56. The number of aliphatic carboxylic acids is 1. The van der Waals surface area contributed by atoms with Crippen LogP contribution in [0, 0.1) is 17.8 Å². The van der Waals surface area contributed by atoms with Crippen molar-refractivity contribution in [2.24, 2.45) is 22.7 Å². The second-order valence-corrected chi connectivity index (χ2v) is 10.5. The number of imidazole rings is 1. The highest BCUT2D eigenvalue weighted by molar-refractivity contribution is 5.75. The fourth-order valence-electron chi connectivity index (χ4n) is 5.77. The van der Waals surface area contributed by atoms with Crippen molar-refractivity contribution >= 4 is 12.2 Å². The lowest BCUT2D eigenvalue weighted by atomic mass is 9.76. The number of carbonyl (C=O) groups is 1. The van der Waals surface area contributed by atoms with E-state index in [4.69, 9.17) is 0 Å². The van der Waals surface area contributed by atoms with Gasteiger partial charge in [-0.3, -0.25) is 18.9 Å². The molecule has 0 bridgehead atoms. The number of unbranched alkanes of at least 4 members (excludes halogenated alkanes) is 1. The molecule has 1 saturated carbocycles. The lowest BCUT2D eigenvalue weighted by molar-refractivity contribution is -0.139. The number of hydrogen-bond acceptors (Lipinski definition) is 6. The summed E-state index contributed by atoms with van der Waals surface area (Å²) in [5.41, 5.74) is 2.14. The zero-order valence-electron chi connectivity index (χ0n) is 21.4. The van der Waals surface area contributed by atoms with Gasteiger partial charge >= 0.3 is 11.7 Å². The fraction of sp³-hybridized carbons (Fsp3) is 0.481. The average Bonchev–Trinajstić information content (AvgIpc) is 3.26. The van der Waals surface area contributed by atoms with Crippen LogP contribution in [0.25, 0.3) is 11.4 Å². The van der Waals surface area contributed by atoms with Crippen LogP contribution in [-0.2, 0) is 23.2 Å². The fourth-order valence-corrected chi connectivity index (χ4v) is 5.77. The first-order valence-corrected chi connectivity index (χ1v) is 12.9. The Hall–Kier alpha value is -3.82.